The van der Waals surface area contributed by atoms with Crippen molar-refractivity contribution in [1.29, 1.82) is 0 Å². The minimum Gasteiger partial charge on any atom is -0.335 e. The lowest BCUT2D eigenvalue weighted by atomic mass is 9.96. The number of sulfone groups is 1. The predicted molar refractivity (Wildman–Crippen MR) is 70.2 cm³/mol. The molecule has 0 aromatic heterocycles. The van der Waals surface area contributed by atoms with Crippen molar-refractivity contribution in [3.63, 3.8) is 0 Å². The second kappa shape index (κ2) is 5.47. The van der Waals surface area contributed by atoms with Crippen LogP contribution in [0, 0.1) is 0 Å². The van der Waals surface area contributed by atoms with Crippen molar-refractivity contribution in [2.45, 2.75) is 51.1 Å². The molecule has 2 fully saturated rings. The van der Waals surface area contributed by atoms with E-state index in [1.54, 1.807) is 11.8 Å². The van der Waals surface area contributed by atoms with Gasteiger partial charge >= 0.3 is 6.03 Å². The molecule has 1 unspecified atom stereocenters. The molecular formula is C12H22N2O3S. The Labute approximate surface area is 109 Å². The molecule has 2 amide bonds. The monoisotopic (exact) mass is 274 g/mol. The Morgan fingerprint density at radius 1 is 1.22 bits per heavy atom. The van der Waals surface area contributed by atoms with Gasteiger partial charge in [-0.15, -0.1) is 0 Å². The molecule has 1 N–H and O–H groups in total. The minimum absolute atomic E-state index is 0.0884. The molecule has 2 aliphatic rings. The molecule has 1 atom stereocenters. The SMILES string of the molecule is CC1CS(=O)(=O)CCN1C(=O)NC1CCCCC1. The highest BCUT2D eigenvalue weighted by atomic mass is 32.2. The summed E-state index contributed by atoms with van der Waals surface area (Å²) in [7, 11) is -2.95. The summed E-state index contributed by atoms with van der Waals surface area (Å²) in [5.41, 5.74) is 0. The van der Waals surface area contributed by atoms with Gasteiger partial charge in [-0.25, -0.2) is 13.2 Å². The molecule has 104 valence electrons. The zero-order chi connectivity index (χ0) is 13.2. The highest BCUT2D eigenvalue weighted by Gasteiger charge is 2.32. The number of carbonyl (C=O) groups is 1. The first-order valence-electron chi connectivity index (χ1n) is 6.75. The van der Waals surface area contributed by atoms with Crippen LogP contribution < -0.4 is 5.32 Å². The Bertz CT molecular complexity index is 402. The summed E-state index contributed by atoms with van der Waals surface area (Å²) in [4.78, 5) is 13.8. The quantitative estimate of drug-likeness (QED) is 0.780. The Hall–Kier alpha value is -0.780. The lowest BCUT2D eigenvalue weighted by Gasteiger charge is -2.35. The third-order valence-electron chi connectivity index (χ3n) is 3.86. The molecule has 2 rings (SSSR count). The largest absolute Gasteiger partial charge is 0.335 e. The molecular weight excluding hydrogens is 252 g/mol. The molecule has 0 spiro atoms. The van der Waals surface area contributed by atoms with Crippen LogP contribution in [0.5, 0.6) is 0 Å². The van der Waals surface area contributed by atoms with E-state index in [-0.39, 0.29) is 29.6 Å². The van der Waals surface area contributed by atoms with Gasteiger partial charge in [0.15, 0.2) is 9.84 Å². The van der Waals surface area contributed by atoms with Gasteiger partial charge in [0, 0.05) is 18.6 Å². The van der Waals surface area contributed by atoms with Gasteiger partial charge in [-0.1, -0.05) is 19.3 Å². The average Bonchev–Trinajstić information content (AvgIpc) is 2.28. The molecule has 0 radical (unpaired) electrons. The molecule has 1 saturated carbocycles. The van der Waals surface area contributed by atoms with Crippen molar-refractivity contribution in [3.8, 4) is 0 Å². The molecule has 6 heteroatoms. The van der Waals surface area contributed by atoms with Gasteiger partial charge < -0.3 is 10.2 Å². The fraction of sp³-hybridized carbons (Fsp3) is 0.917. The van der Waals surface area contributed by atoms with Gasteiger partial charge in [0.05, 0.1) is 11.5 Å². The van der Waals surface area contributed by atoms with Crippen LogP contribution in [0.25, 0.3) is 0 Å². The predicted octanol–water partition coefficient (Wildman–Crippen LogP) is 1.15. The number of nitrogens with one attached hydrogen (secondary N) is 1. The van der Waals surface area contributed by atoms with Crippen LogP contribution in [0.3, 0.4) is 0 Å². The van der Waals surface area contributed by atoms with Crippen LogP contribution in [0.4, 0.5) is 4.79 Å². The molecule has 1 heterocycles. The Morgan fingerprint density at radius 3 is 2.50 bits per heavy atom. The van der Waals surface area contributed by atoms with Gasteiger partial charge in [0.2, 0.25) is 0 Å². The highest BCUT2D eigenvalue weighted by Crippen LogP contribution is 2.18. The van der Waals surface area contributed by atoms with E-state index in [0.29, 0.717) is 6.54 Å². The molecule has 18 heavy (non-hydrogen) atoms. The summed E-state index contributed by atoms with van der Waals surface area (Å²) in [5.74, 6) is 0.181. The van der Waals surface area contributed by atoms with E-state index in [1.807, 2.05) is 0 Å². The zero-order valence-corrected chi connectivity index (χ0v) is 11.7. The van der Waals surface area contributed by atoms with Crippen molar-refractivity contribution < 1.29 is 13.2 Å². The maximum atomic E-state index is 12.1. The lowest BCUT2D eigenvalue weighted by molar-refractivity contribution is 0.177. The van der Waals surface area contributed by atoms with E-state index < -0.39 is 9.84 Å². The second-order valence-corrected chi connectivity index (χ2v) is 7.67. The summed E-state index contributed by atoms with van der Waals surface area (Å²) < 4.78 is 22.9. The maximum absolute atomic E-state index is 12.1. The van der Waals surface area contributed by atoms with Crippen molar-refractivity contribution in [1.82, 2.24) is 10.2 Å². The Morgan fingerprint density at radius 2 is 1.89 bits per heavy atom. The third kappa shape index (κ3) is 3.37. The van der Waals surface area contributed by atoms with Crippen LogP contribution in [0.15, 0.2) is 0 Å². The van der Waals surface area contributed by atoms with Crippen LogP contribution in [0.1, 0.15) is 39.0 Å². The summed E-state index contributed by atoms with van der Waals surface area (Å²) in [6, 6.07) is -0.0337. The molecule has 0 aromatic carbocycles. The van der Waals surface area contributed by atoms with Crippen molar-refractivity contribution in [2.75, 3.05) is 18.1 Å². The number of carbonyl (C=O) groups excluding carboxylic acids is 1. The molecule has 1 saturated heterocycles. The van der Waals surface area contributed by atoms with Gasteiger partial charge in [-0.3, -0.25) is 0 Å². The number of nitrogens with zero attached hydrogens (tertiary/aromatic N) is 1. The van der Waals surface area contributed by atoms with Gasteiger partial charge in [0.25, 0.3) is 0 Å². The van der Waals surface area contributed by atoms with Crippen LogP contribution in [0.2, 0.25) is 0 Å². The fourth-order valence-corrected chi connectivity index (χ4v) is 4.36. The van der Waals surface area contributed by atoms with Gasteiger partial charge in [0.1, 0.15) is 0 Å². The van der Waals surface area contributed by atoms with E-state index in [0.717, 1.165) is 12.8 Å². The average molecular weight is 274 g/mol. The van der Waals surface area contributed by atoms with Crippen molar-refractivity contribution in [3.05, 3.63) is 0 Å². The summed E-state index contributed by atoms with van der Waals surface area (Å²) in [6.07, 6.45) is 5.70. The first kappa shape index (κ1) is 13.6. The molecule has 0 bridgehead atoms. The number of rotatable bonds is 1. The molecule has 1 aliphatic carbocycles. The standard InChI is InChI=1S/C12H22N2O3S/c1-10-9-18(16,17)8-7-14(10)12(15)13-11-5-3-2-4-6-11/h10-11H,2-9H2,1H3,(H,13,15). The number of amides is 2. The molecule has 0 aromatic rings. The molecule has 5 nitrogen and oxygen atoms in total. The highest BCUT2D eigenvalue weighted by molar-refractivity contribution is 7.91. The third-order valence-corrected chi connectivity index (χ3v) is 5.66. The summed E-state index contributed by atoms with van der Waals surface area (Å²) in [6.45, 7) is 2.12. The first-order valence-corrected chi connectivity index (χ1v) is 8.57. The van der Waals surface area contributed by atoms with E-state index in [1.165, 1.54) is 19.3 Å². The molecule has 1 aliphatic heterocycles. The topological polar surface area (TPSA) is 66.5 Å². The normalized spacial score (nSPS) is 28.9. The number of hydrogen-bond donors (Lipinski definition) is 1. The maximum Gasteiger partial charge on any atom is 0.317 e. The van der Waals surface area contributed by atoms with Gasteiger partial charge in [-0.05, 0) is 19.8 Å². The van der Waals surface area contributed by atoms with Crippen LogP contribution >= 0.6 is 0 Å². The minimum atomic E-state index is -2.95. The smallest absolute Gasteiger partial charge is 0.317 e. The van der Waals surface area contributed by atoms with E-state index in [9.17, 15) is 13.2 Å². The first-order chi connectivity index (χ1) is 8.48. The number of urea groups is 1. The van der Waals surface area contributed by atoms with E-state index in [4.69, 9.17) is 0 Å². The van der Waals surface area contributed by atoms with Gasteiger partial charge in [-0.2, -0.15) is 0 Å². The summed E-state index contributed by atoms with van der Waals surface area (Å²) >= 11 is 0. The second-order valence-electron chi connectivity index (χ2n) is 5.44. The fourth-order valence-electron chi connectivity index (χ4n) is 2.80. The lowest BCUT2D eigenvalue weighted by Crippen LogP contribution is -2.55. The number of hydrogen-bond acceptors (Lipinski definition) is 3. The van der Waals surface area contributed by atoms with E-state index in [2.05, 4.69) is 5.32 Å². The van der Waals surface area contributed by atoms with Crippen molar-refractivity contribution in [2.24, 2.45) is 0 Å². The van der Waals surface area contributed by atoms with Crippen LogP contribution in [-0.2, 0) is 9.84 Å². The Balaban J connectivity index is 1.89. The van der Waals surface area contributed by atoms with Crippen molar-refractivity contribution >= 4 is 15.9 Å². The van der Waals surface area contributed by atoms with E-state index >= 15 is 0 Å². The zero-order valence-electron chi connectivity index (χ0n) is 10.9. The van der Waals surface area contributed by atoms with Crippen LogP contribution in [-0.4, -0.2) is 49.5 Å². The summed E-state index contributed by atoms with van der Waals surface area (Å²) in [5, 5.41) is 3.04. The Kier molecular flexibility index (Phi) is 4.14.